The third-order valence-corrected chi connectivity index (χ3v) is 3.46. The van der Waals surface area contributed by atoms with Crippen LogP contribution >= 0.6 is 0 Å². The van der Waals surface area contributed by atoms with Crippen molar-refractivity contribution in [3.63, 3.8) is 0 Å². The van der Waals surface area contributed by atoms with Gasteiger partial charge in [0.25, 0.3) is 5.91 Å². The SMILES string of the molecule is Cc1nn(C)cc1C(=O)NC(CC(=O)O)c1ccc(OC(F)(F)F)cc1. The van der Waals surface area contributed by atoms with Crippen molar-refractivity contribution in [2.24, 2.45) is 7.05 Å². The highest BCUT2D eigenvalue weighted by Crippen LogP contribution is 2.25. The number of ether oxygens (including phenoxy) is 1. The van der Waals surface area contributed by atoms with E-state index in [1.165, 1.54) is 23.0 Å². The summed E-state index contributed by atoms with van der Waals surface area (Å²) in [4.78, 5) is 23.5. The van der Waals surface area contributed by atoms with Crippen molar-refractivity contribution in [2.75, 3.05) is 0 Å². The molecule has 1 amide bonds. The van der Waals surface area contributed by atoms with Gasteiger partial charge in [-0.1, -0.05) is 12.1 Å². The van der Waals surface area contributed by atoms with E-state index in [1.807, 2.05) is 0 Å². The van der Waals surface area contributed by atoms with Crippen LogP contribution in [-0.4, -0.2) is 33.1 Å². The molecule has 0 aliphatic carbocycles. The highest BCUT2D eigenvalue weighted by molar-refractivity contribution is 5.95. The molecule has 1 aromatic heterocycles. The fourth-order valence-corrected chi connectivity index (χ4v) is 2.39. The Balaban J connectivity index is 2.20. The van der Waals surface area contributed by atoms with Crippen molar-refractivity contribution in [1.82, 2.24) is 15.1 Å². The number of alkyl halides is 3. The van der Waals surface area contributed by atoms with Crippen molar-refractivity contribution < 1.29 is 32.6 Å². The van der Waals surface area contributed by atoms with E-state index in [0.717, 1.165) is 12.1 Å². The number of amides is 1. The summed E-state index contributed by atoms with van der Waals surface area (Å²) in [7, 11) is 1.64. The molecule has 0 saturated heterocycles. The summed E-state index contributed by atoms with van der Waals surface area (Å²) in [5.74, 6) is -2.14. The van der Waals surface area contributed by atoms with Crippen LogP contribution in [-0.2, 0) is 11.8 Å². The fourth-order valence-electron chi connectivity index (χ4n) is 2.39. The molecule has 140 valence electrons. The highest BCUT2D eigenvalue weighted by Gasteiger charge is 2.31. The Morgan fingerprint density at radius 2 is 1.92 bits per heavy atom. The highest BCUT2D eigenvalue weighted by atomic mass is 19.4. The van der Waals surface area contributed by atoms with Crippen LogP contribution in [0.3, 0.4) is 0 Å². The summed E-state index contributed by atoms with van der Waals surface area (Å²) >= 11 is 0. The number of nitrogens with one attached hydrogen (secondary N) is 1. The first-order valence-corrected chi connectivity index (χ1v) is 7.44. The molecule has 0 saturated carbocycles. The lowest BCUT2D eigenvalue weighted by molar-refractivity contribution is -0.274. The number of carboxylic acid groups (broad SMARTS) is 1. The summed E-state index contributed by atoms with van der Waals surface area (Å²) in [5.41, 5.74) is 1.07. The molecule has 7 nitrogen and oxygen atoms in total. The smallest absolute Gasteiger partial charge is 0.481 e. The van der Waals surface area contributed by atoms with Crippen LogP contribution in [0.5, 0.6) is 5.75 Å². The normalized spacial score (nSPS) is 12.5. The van der Waals surface area contributed by atoms with E-state index in [-0.39, 0.29) is 5.56 Å². The monoisotopic (exact) mass is 371 g/mol. The molecule has 2 N–H and O–H groups in total. The summed E-state index contributed by atoms with van der Waals surface area (Å²) in [5, 5.41) is 15.7. The van der Waals surface area contributed by atoms with E-state index in [1.54, 1.807) is 14.0 Å². The van der Waals surface area contributed by atoms with Crippen molar-refractivity contribution in [2.45, 2.75) is 25.7 Å². The van der Waals surface area contributed by atoms with Crippen LogP contribution in [0.25, 0.3) is 0 Å². The van der Waals surface area contributed by atoms with Gasteiger partial charge < -0.3 is 15.2 Å². The molecule has 0 aliphatic rings. The predicted molar refractivity (Wildman–Crippen MR) is 83.5 cm³/mol. The zero-order valence-electron chi connectivity index (χ0n) is 13.9. The molecule has 1 unspecified atom stereocenters. The Bertz CT molecular complexity index is 800. The summed E-state index contributed by atoms with van der Waals surface area (Å²) in [6, 6.07) is 3.72. The zero-order valence-corrected chi connectivity index (χ0v) is 13.9. The van der Waals surface area contributed by atoms with Gasteiger partial charge in [0.15, 0.2) is 0 Å². The number of rotatable bonds is 6. The molecule has 2 rings (SSSR count). The van der Waals surface area contributed by atoms with Gasteiger partial charge >= 0.3 is 12.3 Å². The van der Waals surface area contributed by atoms with Crippen LogP contribution in [0.4, 0.5) is 13.2 Å². The maximum Gasteiger partial charge on any atom is 0.573 e. The van der Waals surface area contributed by atoms with Crippen LogP contribution in [0.2, 0.25) is 0 Å². The second-order valence-corrected chi connectivity index (χ2v) is 5.54. The van der Waals surface area contributed by atoms with Crippen molar-refractivity contribution in [3.8, 4) is 5.75 Å². The molecule has 2 aromatic rings. The van der Waals surface area contributed by atoms with Crippen molar-refractivity contribution in [1.29, 1.82) is 0 Å². The van der Waals surface area contributed by atoms with E-state index < -0.39 is 36.5 Å². The van der Waals surface area contributed by atoms with Crippen LogP contribution in [0, 0.1) is 6.92 Å². The third-order valence-electron chi connectivity index (χ3n) is 3.46. The number of benzene rings is 1. The van der Waals surface area contributed by atoms with Crippen LogP contribution in [0.15, 0.2) is 30.5 Å². The number of nitrogens with zero attached hydrogens (tertiary/aromatic N) is 2. The Morgan fingerprint density at radius 3 is 2.38 bits per heavy atom. The maximum atomic E-state index is 12.4. The van der Waals surface area contributed by atoms with Crippen LogP contribution in [0.1, 0.15) is 34.1 Å². The van der Waals surface area contributed by atoms with Gasteiger partial charge in [-0.2, -0.15) is 5.10 Å². The zero-order chi connectivity index (χ0) is 19.5. The Morgan fingerprint density at radius 1 is 1.31 bits per heavy atom. The minimum Gasteiger partial charge on any atom is -0.481 e. The standard InChI is InChI=1S/C16H16F3N3O4/c1-9-12(8-22(2)21-9)15(25)20-13(7-14(23)24)10-3-5-11(6-4-10)26-16(17,18)19/h3-6,8,13H,7H2,1-2H3,(H,20,25)(H,23,24). The number of aliphatic carboxylic acids is 1. The third kappa shape index (κ3) is 5.23. The summed E-state index contributed by atoms with van der Waals surface area (Å²) < 4.78 is 41.8. The second kappa shape index (κ2) is 7.46. The quantitative estimate of drug-likeness (QED) is 0.814. The van der Waals surface area contributed by atoms with Gasteiger partial charge in [0.05, 0.1) is 23.7 Å². The van der Waals surface area contributed by atoms with E-state index in [4.69, 9.17) is 5.11 Å². The molecule has 0 fully saturated rings. The predicted octanol–water partition coefficient (Wildman–Crippen LogP) is 2.57. The van der Waals surface area contributed by atoms with Gasteiger partial charge in [-0.3, -0.25) is 14.3 Å². The first-order chi connectivity index (χ1) is 12.0. The van der Waals surface area contributed by atoms with Gasteiger partial charge in [-0.15, -0.1) is 13.2 Å². The molecule has 1 heterocycles. The molecule has 1 atom stereocenters. The average Bonchev–Trinajstić information content (AvgIpc) is 2.84. The van der Waals surface area contributed by atoms with E-state index >= 15 is 0 Å². The molecule has 0 aliphatic heterocycles. The molecular weight excluding hydrogens is 355 g/mol. The number of hydrogen-bond acceptors (Lipinski definition) is 4. The summed E-state index contributed by atoms with van der Waals surface area (Å²) in [6.45, 7) is 1.63. The van der Waals surface area contributed by atoms with Crippen molar-refractivity contribution >= 4 is 11.9 Å². The number of carbonyl (C=O) groups excluding carboxylic acids is 1. The average molecular weight is 371 g/mol. The molecule has 1 aromatic carbocycles. The number of aryl methyl sites for hydroxylation is 2. The van der Waals surface area contributed by atoms with E-state index in [0.29, 0.717) is 11.3 Å². The second-order valence-electron chi connectivity index (χ2n) is 5.54. The molecule has 0 spiro atoms. The topological polar surface area (TPSA) is 93.5 Å². The molecule has 0 radical (unpaired) electrons. The molecule has 10 heteroatoms. The van der Waals surface area contributed by atoms with Gasteiger partial charge in [0.2, 0.25) is 0 Å². The lowest BCUT2D eigenvalue weighted by Gasteiger charge is -2.18. The van der Waals surface area contributed by atoms with E-state index in [2.05, 4.69) is 15.2 Å². The van der Waals surface area contributed by atoms with Gasteiger partial charge in [0, 0.05) is 13.2 Å². The largest absolute Gasteiger partial charge is 0.573 e. The maximum absolute atomic E-state index is 12.4. The Labute approximate surface area is 146 Å². The Hall–Kier alpha value is -3.04. The first-order valence-electron chi connectivity index (χ1n) is 7.44. The summed E-state index contributed by atoms with van der Waals surface area (Å²) in [6.07, 6.45) is -3.78. The minimum absolute atomic E-state index is 0.278. The van der Waals surface area contributed by atoms with Crippen LogP contribution < -0.4 is 10.1 Å². The van der Waals surface area contributed by atoms with E-state index in [9.17, 15) is 22.8 Å². The number of hydrogen-bond donors (Lipinski definition) is 2. The number of carbonyl (C=O) groups is 2. The van der Waals surface area contributed by atoms with Gasteiger partial charge in [-0.05, 0) is 24.6 Å². The Kier molecular flexibility index (Phi) is 5.53. The first kappa shape index (κ1) is 19.3. The lowest BCUT2D eigenvalue weighted by Crippen LogP contribution is -2.30. The number of carboxylic acids is 1. The van der Waals surface area contributed by atoms with Gasteiger partial charge in [-0.25, -0.2) is 0 Å². The molecule has 26 heavy (non-hydrogen) atoms. The fraction of sp³-hybridized carbons (Fsp3) is 0.312. The number of halogens is 3. The van der Waals surface area contributed by atoms with Gasteiger partial charge in [0.1, 0.15) is 5.75 Å². The minimum atomic E-state index is -4.83. The molecular formula is C16H16F3N3O4. The number of aromatic nitrogens is 2. The molecule has 0 bridgehead atoms. The van der Waals surface area contributed by atoms with Crippen molar-refractivity contribution in [3.05, 3.63) is 47.3 Å². The lowest BCUT2D eigenvalue weighted by atomic mass is 10.0.